The predicted molar refractivity (Wildman–Crippen MR) is 22.4 cm³/mol. The van der Waals surface area contributed by atoms with Crippen LogP contribution in [0.1, 0.15) is 0 Å². The molecule has 0 fully saturated rings. The van der Waals surface area contributed by atoms with E-state index in [2.05, 4.69) is 0 Å². The first kappa shape index (κ1) is 9.05. The van der Waals surface area contributed by atoms with Gasteiger partial charge in [0.1, 0.15) is 0 Å². The quantitative estimate of drug-likeness (QED) is 0.539. The van der Waals surface area contributed by atoms with Crippen molar-refractivity contribution < 1.29 is 4.20 Å². The Morgan fingerprint density at radius 2 is 1.33 bits per heavy atom. The fourth-order valence-electron chi connectivity index (χ4n) is 0. The maximum absolute atomic E-state index is 7.26. The third-order valence-corrected chi connectivity index (χ3v) is 0.0500. The minimum Gasteiger partial charge on any atom is -0.324 e. The molecule has 0 aliphatic heterocycles. The molecule has 0 aromatic heterocycles. The highest BCUT2D eigenvalue weighted by molar-refractivity contribution is 9.05. The first-order chi connectivity index (χ1) is 2.91. The average molecular weight is 149 g/mol. The Morgan fingerprint density at radius 3 is 1.33 bits per heavy atom. The van der Waals surface area contributed by atoms with Crippen molar-refractivity contribution in [3.63, 3.8) is 0 Å². The maximum atomic E-state index is 7.26. The van der Waals surface area contributed by atoms with E-state index in [1.54, 1.807) is 0 Å². The second kappa shape index (κ2) is 25.6. The van der Waals surface area contributed by atoms with E-state index in [1.807, 2.05) is 16.3 Å². The van der Waals surface area contributed by atoms with E-state index in [9.17, 15) is 0 Å². The molecule has 0 bridgehead atoms. The molecule has 6 heavy (non-hydrogen) atoms. The fraction of sp³-hybridized carbons (Fsp3) is 0. The Labute approximate surface area is 43.9 Å². The van der Waals surface area contributed by atoms with E-state index >= 15 is 0 Å². The van der Waals surface area contributed by atoms with Crippen LogP contribution in [0.4, 0.5) is 0 Å². The van der Waals surface area contributed by atoms with Gasteiger partial charge in [0, 0.05) is 0 Å². The third-order valence-electron chi connectivity index (χ3n) is 0.0500. The third kappa shape index (κ3) is 114. The summed E-state index contributed by atoms with van der Waals surface area (Å²) < 4.78 is 6.81. The molecule has 0 aliphatic carbocycles. The zero-order valence-electron chi connectivity index (χ0n) is 2.72. The zero-order chi connectivity index (χ0) is 5.41. The topological polar surface area (TPSA) is 67.8 Å². The van der Waals surface area contributed by atoms with Crippen molar-refractivity contribution in [2.24, 2.45) is 0 Å². The first-order valence-electron chi connectivity index (χ1n) is 0.866. The molecule has 0 aromatic rings. The highest BCUT2D eigenvalue weighted by atomic mass is 79.9. The van der Waals surface area contributed by atoms with Gasteiger partial charge >= 0.3 is 0 Å². The Morgan fingerprint density at radius 1 is 1.17 bits per heavy atom. The Hall–Kier alpha value is -0.580. The Kier molecular flexibility index (Phi) is 38.7. The predicted octanol–water partition coefficient (Wildman–Crippen LogP) is 0.322. The summed E-state index contributed by atoms with van der Waals surface area (Å²) >= 11 is 1.94. The van der Waals surface area contributed by atoms with Gasteiger partial charge in [0.2, 0.25) is 0 Å². The van der Waals surface area contributed by atoms with E-state index in [4.69, 9.17) is 14.7 Å². The molecule has 0 saturated carbocycles. The van der Waals surface area contributed by atoms with Gasteiger partial charge in [-0.1, -0.05) is 0 Å². The van der Waals surface area contributed by atoms with Crippen LogP contribution in [0.2, 0.25) is 0 Å². The molecular weight excluding hydrogens is 148 g/mol. The summed E-state index contributed by atoms with van der Waals surface area (Å²) in [6.07, 6.45) is 0. The average Bonchev–Trinajstić information content (AvgIpc) is 1.72. The monoisotopic (exact) mass is 148 g/mol. The van der Waals surface area contributed by atoms with E-state index < -0.39 is 0 Å². The molecule has 0 rings (SSSR count). The lowest BCUT2D eigenvalue weighted by Crippen LogP contribution is -1.26. The maximum Gasteiger partial charge on any atom is 0.181 e. The summed E-state index contributed by atoms with van der Waals surface area (Å²) in [6, 6.07) is 2.47. The summed E-state index contributed by atoms with van der Waals surface area (Å²) in [4.78, 5) is 0. The van der Waals surface area contributed by atoms with Crippen LogP contribution in [0.15, 0.2) is 0 Å². The van der Waals surface area contributed by atoms with E-state index in [0.29, 0.717) is 0 Å². The van der Waals surface area contributed by atoms with Crippen molar-refractivity contribution in [3.05, 3.63) is 0 Å². The van der Waals surface area contributed by atoms with Gasteiger partial charge in [-0.3, -0.25) is 0 Å². The molecule has 0 atom stereocenters. The van der Waals surface area contributed by atoms with Crippen molar-refractivity contribution in [1.82, 2.24) is 0 Å². The normalized spacial score (nSPS) is 2.67. The number of nitriles is 2. The van der Waals surface area contributed by atoms with Crippen LogP contribution in [0, 0.1) is 22.7 Å². The molecule has 3 nitrogen and oxygen atoms in total. The van der Waals surface area contributed by atoms with Gasteiger partial charge in [0.05, 0.1) is 16.3 Å². The molecule has 0 unspecified atom stereocenters. The standard InChI is InChI=1S/C2N2.BrHO/c3-1-2-4;1-2/h;2H. The minimum absolute atomic E-state index is 1.24. The SMILES string of the molecule is N#CC#N.OBr. The molecule has 1 N–H and O–H groups in total. The number of hydrogen-bond donors (Lipinski definition) is 1. The number of rotatable bonds is 0. The molecule has 0 spiro atoms. The summed E-state index contributed by atoms with van der Waals surface area (Å²) in [5, 5.41) is 14.5. The number of hydrogen-bond acceptors (Lipinski definition) is 3. The van der Waals surface area contributed by atoms with E-state index in [0.717, 1.165) is 0 Å². The van der Waals surface area contributed by atoms with Crippen LogP contribution < -0.4 is 0 Å². The molecule has 0 aliphatic rings. The summed E-state index contributed by atoms with van der Waals surface area (Å²) in [7, 11) is 0. The molecule has 0 amide bonds. The molecule has 0 aromatic carbocycles. The highest BCUT2D eigenvalue weighted by Crippen LogP contribution is 1.43. The lowest BCUT2D eigenvalue weighted by atomic mass is 10.9. The number of nitrogens with zero attached hydrogens (tertiary/aromatic N) is 2. The molecule has 0 heterocycles. The van der Waals surface area contributed by atoms with Crippen molar-refractivity contribution in [2.75, 3.05) is 0 Å². The molecule has 0 radical (unpaired) electrons. The van der Waals surface area contributed by atoms with Gasteiger partial charge in [-0.2, -0.15) is 10.5 Å². The van der Waals surface area contributed by atoms with Crippen LogP contribution in [0.3, 0.4) is 0 Å². The Balaban J connectivity index is 0. The summed E-state index contributed by atoms with van der Waals surface area (Å²) in [5.41, 5.74) is 0. The molecule has 32 valence electrons. The van der Waals surface area contributed by atoms with Crippen molar-refractivity contribution in [1.29, 1.82) is 10.5 Å². The lowest BCUT2D eigenvalue weighted by Gasteiger charge is -1.16. The second-order valence-electron chi connectivity index (χ2n) is 0.224. The minimum atomic E-state index is 1.24. The van der Waals surface area contributed by atoms with Gasteiger partial charge in [-0.25, -0.2) is 0 Å². The summed E-state index contributed by atoms with van der Waals surface area (Å²) in [6.45, 7) is 0. The first-order valence-corrected chi connectivity index (χ1v) is 1.58. The smallest absolute Gasteiger partial charge is 0.181 e. The molecule has 4 heteroatoms. The van der Waals surface area contributed by atoms with Crippen LogP contribution in [0.25, 0.3) is 0 Å². The largest absolute Gasteiger partial charge is 0.324 e. The van der Waals surface area contributed by atoms with Gasteiger partial charge in [-0.15, -0.1) is 0 Å². The van der Waals surface area contributed by atoms with Crippen LogP contribution in [0.5, 0.6) is 0 Å². The Bertz CT molecular complexity index is 66.5. The zero-order valence-corrected chi connectivity index (χ0v) is 4.31. The van der Waals surface area contributed by atoms with E-state index in [1.165, 1.54) is 12.1 Å². The van der Waals surface area contributed by atoms with Gasteiger partial charge < -0.3 is 4.20 Å². The fourth-order valence-corrected chi connectivity index (χ4v) is 0. The second-order valence-corrected chi connectivity index (χ2v) is 0.224. The van der Waals surface area contributed by atoms with Gasteiger partial charge in [-0.05, 0) is 0 Å². The van der Waals surface area contributed by atoms with Crippen molar-refractivity contribution >= 4 is 16.3 Å². The lowest BCUT2D eigenvalue weighted by molar-refractivity contribution is 0.702. The molecular formula is C2HBrN2O. The summed E-state index contributed by atoms with van der Waals surface area (Å²) in [5.74, 6) is 0. The van der Waals surface area contributed by atoms with Crippen LogP contribution >= 0.6 is 16.3 Å². The number of halogens is 1. The van der Waals surface area contributed by atoms with Crippen LogP contribution in [-0.2, 0) is 0 Å². The van der Waals surface area contributed by atoms with Crippen molar-refractivity contribution in [2.45, 2.75) is 0 Å². The molecule has 0 saturated heterocycles. The van der Waals surface area contributed by atoms with Gasteiger partial charge in [0.15, 0.2) is 12.1 Å². The van der Waals surface area contributed by atoms with E-state index in [-0.39, 0.29) is 0 Å². The van der Waals surface area contributed by atoms with Gasteiger partial charge in [0.25, 0.3) is 0 Å². The highest BCUT2D eigenvalue weighted by Gasteiger charge is 1.39. The van der Waals surface area contributed by atoms with Crippen molar-refractivity contribution in [3.8, 4) is 12.1 Å². The van der Waals surface area contributed by atoms with Crippen LogP contribution in [-0.4, -0.2) is 4.20 Å².